The van der Waals surface area contributed by atoms with Crippen LogP contribution in [0.3, 0.4) is 0 Å². The molecule has 0 saturated heterocycles. The SMILES string of the molecule is Cc1cccc2sc(NC(=O)c3cc4ccccc4[nH]3)nc12. The maximum absolute atomic E-state index is 12.4. The quantitative estimate of drug-likeness (QED) is 0.579. The number of hydrogen-bond acceptors (Lipinski definition) is 3. The number of thiazole rings is 1. The minimum Gasteiger partial charge on any atom is -0.351 e. The number of para-hydroxylation sites is 2. The van der Waals surface area contributed by atoms with E-state index in [1.54, 1.807) is 0 Å². The molecule has 2 aromatic heterocycles. The molecule has 0 fully saturated rings. The number of H-pyrrole nitrogens is 1. The number of nitrogens with one attached hydrogen (secondary N) is 2. The zero-order valence-electron chi connectivity index (χ0n) is 11.9. The van der Waals surface area contributed by atoms with Crippen molar-refractivity contribution in [2.75, 3.05) is 5.32 Å². The Hall–Kier alpha value is -2.66. The molecule has 5 heteroatoms. The van der Waals surface area contributed by atoms with Crippen molar-refractivity contribution in [3.63, 3.8) is 0 Å². The number of aromatic amines is 1. The zero-order chi connectivity index (χ0) is 15.1. The van der Waals surface area contributed by atoms with E-state index in [2.05, 4.69) is 15.3 Å². The molecule has 2 aromatic carbocycles. The lowest BCUT2D eigenvalue weighted by molar-refractivity contribution is 0.102. The summed E-state index contributed by atoms with van der Waals surface area (Å²) in [5.74, 6) is -0.173. The van der Waals surface area contributed by atoms with Crippen molar-refractivity contribution in [1.29, 1.82) is 0 Å². The number of benzene rings is 2. The van der Waals surface area contributed by atoms with Gasteiger partial charge in [0, 0.05) is 10.9 Å². The summed E-state index contributed by atoms with van der Waals surface area (Å²) in [7, 11) is 0. The van der Waals surface area contributed by atoms with Gasteiger partial charge in [0.1, 0.15) is 5.69 Å². The Morgan fingerprint density at radius 2 is 2.05 bits per heavy atom. The Bertz CT molecular complexity index is 966. The second-order valence-electron chi connectivity index (χ2n) is 5.17. The average molecular weight is 307 g/mol. The summed E-state index contributed by atoms with van der Waals surface area (Å²) in [6.07, 6.45) is 0. The highest BCUT2D eigenvalue weighted by Crippen LogP contribution is 2.28. The predicted molar refractivity (Wildman–Crippen MR) is 90.6 cm³/mol. The summed E-state index contributed by atoms with van der Waals surface area (Å²) in [5.41, 5.74) is 3.55. The molecule has 0 bridgehead atoms. The van der Waals surface area contributed by atoms with E-state index in [0.717, 1.165) is 26.7 Å². The zero-order valence-corrected chi connectivity index (χ0v) is 12.7. The van der Waals surface area contributed by atoms with E-state index in [1.165, 1.54) is 11.3 Å². The van der Waals surface area contributed by atoms with E-state index in [0.29, 0.717) is 10.8 Å². The van der Waals surface area contributed by atoms with Crippen molar-refractivity contribution in [3.8, 4) is 0 Å². The van der Waals surface area contributed by atoms with Crippen LogP contribution >= 0.6 is 11.3 Å². The minimum atomic E-state index is -0.173. The van der Waals surface area contributed by atoms with E-state index in [9.17, 15) is 4.79 Å². The summed E-state index contributed by atoms with van der Waals surface area (Å²) >= 11 is 1.48. The molecule has 4 aromatic rings. The maximum atomic E-state index is 12.4. The Kier molecular flexibility index (Phi) is 2.94. The van der Waals surface area contributed by atoms with Crippen LogP contribution in [0.25, 0.3) is 21.1 Å². The number of aryl methyl sites for hydroxylation is 1. The van der Waals surface area contributed by atoms with Crippen LogP contribution < -0.4 is 5.32 Å². The number of amides is 1. The first-order valence-corrected chi connectivity index (χ1v) is 7.77. The van der Waals surface area contributed by atoms with Gasteiger partial charge in [0.15, 0.2) is 5.13 Å². The molecule has 2 N–H and O–H groups in total. The van der Waals surface area contributed by atoms with Crippen molar-refractivity contribution < 1.29 is 4.79 Å². The van der Waals surface area contributed by atoms with Gasteiger partial charge in [-0.25, -0.2) is 4.98 Å². The molecule has 0 aliphatic carbocycles. The molecule has 22 heavy (non-hydrogen) atoms. The topological polar surface area (TPSA) is 57.8 Å². The van der Waals surface area contributed by atoms with Crippen LogP contribution in [-0.4, -0.2) is 15.9 Å². The molecule has 0 unspecified atom stereocenters. The lowest BCUT2D eigenvalue weighted by Crippen LogP contribution is -2.11. The van der Waals surface area contributed by atoms with Crippen molar-refractivity contribution >= 4 is 43.5 Å². The molecule has 0 saturated carbocycles. The summed E-state index contributed by atoms with van der Waals surface area (Å²) in [5, 5.41) is 4.51. The molecule has 0 spiro atoms. The van der Waals surface area contributed by atoms with Crippen molar-refractivity contribution in [2.24, 2.45) is 0 Å². The lowest BCUT2D eigenvalue weighted by atomic mass is 10.2. The number of aromatic nitrogens is 2. The second kappa shape index (κ2) is 4.96. The molecule has 4 nitrogen and oxygen atoms in total. The molecule has 1 amide bonds. The van der Waals surface area contributed by atoms with Gasteiger partial charge < -0.3 is 4.98 Å². The highest BCUT2D eigenvalue weighted by atomic mass is 32.1. The van der Waals surface area contributed by atoms with Crippen LogP contribution in [0.4, 0.5) is 5.13 Å². The van der Waals surface area contributed by atoms with E-state index in [-0.39, 0.29) is 5.91 Å². The first-order chi connectivity index (χ1) is 10.7. The number of anilines is 1. The molecular weight excluding hydrogens is 294 g/mol. The minimum absolute atomic E-state index is 0.173. The summed E-state index contributed by atoms with van der Waals surface area (Å²) in [6, 6.07) is 15.7. The largest absolute Gasteiger partial charge is 0.351 e. The van der Waals surface area contributed by atoms with Crippen LogP contribution in [0.5, 0.6) is 0 Å². The van der Waals surface area contributed by atoms with Crippen molar-refractivity contribution in [1.82, 2.24) is 9.97 Å². The summed E-state index contributed by atoms with van der Waals surface area (Å²) in [6.45, 7) is 2.02. The van der Waals surface area contributed by atoms with Gasteiger partial charge >= 0.3 is 0 Å². The molecule has 4 rings (SSSR count). The summed E-state index contributed by atoms with van der Waals surface area (Å²) in [4.78, 5) is 20.0. The van der Waals surface area contributed by atoms with Gasteiger partial charge in [-0.2, -0.15) is 0 Å². The maximum Gasteiger partial charge on any atom is 0.273 e. The molecule has 0 atom stereocenters. The first kappa shape index (κ1) is 13.0. The standard InChI is InChI=1S/C17H13N3OS/c1-10-5-4-8-14-15(10)19-17(22-14)20-16(21)13-9-11-6-2-3-7-12(11)18-13/h2-9,18H,1H3,(H,19,20,21). The van der Waals surface area contributed by atoms with Crippen LogP contribution in [0.2, 0.25) is 0 Å². The first-order valence-electron chi connectivity index (χ1n) is 6.96. The smallest absolute Gasteiger partial charge is 0.273 e. The molecular formula is C17H13N3OS. The highest BCUT2D eigenvalue weighted by Gasteiger charge is 2.12. The molecule has 0 aliphatic rings. The van der Waals surface area contributed by atoms with Gasteiger partial charge in [0.05, 0.1) is 10.2 Å². The number of fused-ring (bicyclic) bond motifs is 2. The number of carbonyl (C=O) groups is 1. The number of hydrogen-bond donors (Lipinski definition) is 2. The number of carbonyl (C=O) groups excluding carboxylic acids is 1. The fourth-order valence-corrected chi connectivity index (χ4v) is 3.44. The van der Waals surface area contributed by atoms with Gasteiger partial charge in [-0.1, -0.05) is 41.7 Å². The average Bonchev–Trinajstić information content (AvgIpc) is 3.11. The normalized spacial score (nSPS) is 11.1. The predicted octanol–water partition coefficient (Wildman–Crippen LogP) is 4.34. The van der Waals surface area contributed by atoms with Gasteiger partial charge in [-0.05, 0) is 30.7 Å². The molecule has 0 radical (unpaired) electrons. The Labute approximate surface area is 130 Å². The Morgan fingerprint density at radius 3 is 2.86 bits per heavy atom. The van der Waals surface area contributed by atoms with Crippen LogP contribution in [0.1, 0.15) is 16.1 Å². The van der Waals surface area contributed by atoms with Gasteiger partial charge in [0.2, 0.25) is 0 Å². The Balaban J connectivity index is 1.66. The molecule has 108 valence electrons. The van der Waals surface area contributed by atoms with Crippen molar-refractivity contribution in [3.05, 3.63) is 59.8 Å². The van der Waals surface area contributed by atoms with Crippen molar-refractivity contribution in [2.45, 2.75) is 6.92 Å². The van der Waals surface area contributed by atoms with E-state index in [4.69, 9.17) is 0 Å². The third kappa shape index (κ3) is 2.16. The Morgan fingerprint density at radius 1 is 1.18 bits per heavy atom. The second-order valence-corrected chi connectivity index (χ2v) is 6.20. The van der Waals surface area contributed by atoms with Crippen LogP contribution in [0.15, 0.2) is 48.5 Å². The molecule has 0 aliphatic heterocycles. The van der Waals surface area contributed by atoms with E-state index in [1.807, 2.05) is 55.5 Å². The fourth-order valence-electron chi connectivity index (χ4n) is 2.50. The third-order valence-electron chi connectivity index (χ3n) is 3.62. The van der Waals surface area contributed by atoms with Crippen LogP contribution in [-0.2, 0) is 0 Å². The lowest BCUT2D eigenvalue weighted by Gasteiger charge is -1.97. The van der Waals surface area contributed by atoms with Gasteiger partial charge in [-0.3, -0.25) is 10.1 Å². The summed E-state index contributed by atoms with van der Waals surface area (Å²) < 4.78 is 1.08. The monoisotopic (exact) mass is 307 g/mol. The molecule has 2 heterocycles. The number of rotatable bonds is 2. The van der Waals surface area contributed by atoms with Gasteiger partial charge in [-0.15, -0.1) is 0 Å². The van der Waals surface area contributed by atoms with Gasteiger partial charge in [0.25, 0.3) is 5.91 Å². The van der Waals surface area contributed by atoms with E-state index >= 15 is 0 Å². The highest BCUT2D eigenvalue weighted by molar-refractivity contribution is 7.22. The third-order valence-corrected chi connectivity index (χ3v) is 4.55. The number of nitrogens with zero attached hydrogens (tertiary/aromatic N) is 1. The fraction of sp³-hybridized carbons (Fsp3) is 0.0588. The van der Waals surface area contributed by atoms with E-state index < -0.39 is 0 Å². The van der Waals surface area contributed by atoms with Crippen LogP contribution in [0, 0.1) is 6.92 Å².